The summed E-state index contributed by atoms with van der Waals surface area (Å²) in [7, 11) is -4.74. The van der Waals surface area contributed by atoms with Gasteiger partial charge in [-0.1, -0.05) is 87.9 Å². The van der Waals surface area contributed by atoms with Crippen LogP contribution in [0.2, 0.25) is 0 Å². The first-order valence-electron chi connectivity index (χ1n) is 8.15. The van der Waals surface area contributed by atoms with E-state index in [9.17, 15) is 12.3 Å². The maximum atomic E-state index is 12.0. The van der Waals surface area contributed by atoms with Gasteiger partial charge < -0.3 is 6.15 Å². The Morgan fingerprint density at radius 1 is 0.714 bits per heavy atom. The third-order valence-corrected chi connectivity index (χ3v) is 3.92. The highest BCUT2D eigenvalue weighted by molar-refractivity contribution is 7.81. The predicted octanol–water partition coefficient (Wildman–Crippen LogP) is 5.47. The first-order valence-corrected chi connectivity index (χ1v) is 9.46. The van der Waals surface area contributed by atoms with Crippen molar-refractivity contribution in [1.29, 1.82) is 0 Å². The molecule has 0 heterocycles. The van der Waals surface area contributed by atoms with Crippen LogP contribution >= 0.6 is 0 Å². The molecule has 21 heavy (non-hydrogen) atoms. The zero-order valence-electron chi connectivity index (χ0n) is 13.6. The van der Waals surface area contributed by atoms with E-state index in [1.165, 1.54) is 64.2 Å². The average Bonchev–Trinajstić information content (AvgIpc) is 2.38. The van der Waals surface area contributed by atoms with Crippen LogP contribution in [-0.2, 0) is 14.7 Å². The topological polar surface area (TPSA) is 78.4 Å². The summed E-state index contributed by atoms with van der Waals surface area (Å²) in [6.07, 6.45) is 15.8. The van der Waals surface area contributed by atoms with Gasteiger partial charge in [0.2, 0.25) is 0 Å². The number of hydrogen-bond donors (Lipinski definition) is 1. The molecule has 0 bridgehead atoms. The summed E-state index contributed by atoms with van der Waals surface area (Å²) in [6.45, 7) is 2.21. The zero-order valence-corrected chi connectivity index (χ0v) is 14.4. The summed E-state index contributed by atoms with van der Waals surface area (Å²) >= 11 is 0. The van der Waals surface area contributed by atoms with E-state index < -0.39 is 10.5 Å². The molecule has 0 radical (unpaired) electrons. The molecule has 3 N–H and O–H groups in total. The average molecular weight is 328 g/mol. The van der Waals surface area contributed by atoms with Gasteiger partial charge in [-0.2, -0.15) is 8.42 Å². The lowest BCUT2D eigenvalue weighted by molar-refractivity contribution is 0.284. The lowest BCUT2D eigenvalue weighted by Crippen LogP contribution is -2.00. The molecule has 4 nitrogen and oxygen atoms in total. The second-order valence-corrected chi connectivity index (χ2v) is 6.48. The monoisotopic (exact) mass is 327 g/mol. The van der Waals surface area contributed by atoms with Crippen molar-refractivity contribution >= 4 is 10.5 Å². The molecular weight excluding hydrogens is 293 g/mol. The van der Waals surface area contributed by atoms with Crippen LogP contribution < -0.4 is 6.15 Å². The van der Waals surface area contributed by atoms with E-state index in [1.54, 1.807) is 0 Å². The molecule has 0 aromatic heterocycles. The van der Waals surface area contributed by atoms with Crippen molar-refractivity contribution in [3.63, 3.8) is 0 Å². The SMILES string of the molecule is CCCCCCCCCCCCCCCOS(=O)(=O)F.N. The normalized spacial score (nSPS) is 11.3. The van der Waals surface area contributed by atoms with Crippen LogP contribution in [0.3, 0.4) is 0 Å². The van der Waals surface area contributed by atoms with Gasteiger partial charge in [0, 0.05) is 0 Å². The van der Waals surface area contributed by atoms with Gasteiger partial charge >= 0.3 is 10.5 Å². The Hall–Kier alpha value is -0.200. The molecule has 130 valence electrons. The fourth-order valence-corrected chi connectivity index (χ4v) is 2.60. The van der Waals surface area contributed by atoms with Crippen molar-refractivity contribution in [2.75, 3.05) is 6.61 Å². The number of rotatable bonds is 15. The molecule has 0 aliphatic carbocycles. The number of halogens is 1. The van der Waals surface area contributed by atoms with Crippen LogP contribution in [-0.4, -0.2) is 15.0 Å². The number of unbranched alkanes of at least 4 members (excludes halogenated alkanes) is 12. The third kappa shape index (κ3) is 22.2. The Kier molecular flexibility index (Phi) is 17.8. The van der Waals surface area contributed by atoms with Crippen LogP contribution in [0, 0.1) is 0 Å². The lowest BCUT2D eigenvalue weighted by atomic mass is 10.0. The Morgan fingerprint density at radius 2 is 1.05 bits per heavy atom. The van der Waals surface area contributed by atoms with Gasteiger partial charge in [-0.15, -0.1) is 0 Å². The molecule has 0 aliphatic heterocycles. The molecule has 0 fully saturated rings. The van der Waals surface area contributed by atoms with E-state index in [0.29, 0.717) is 6.42 Å². The van der Waals surface area contributed by atoms with E-state index >= 15 is 0 Å². The minimum Gasteiger partial charge on any atom is -0.344 e. The predicted molar refractivity (Wildman–Crippen MR) is 86.7 cm³/mol. The van der Waals surface area contributed by atoms with Crippen molar-refractivity contribution < 1.29 is 16.5 Å². The van der Waals surface area contributed by atoms with Gasteiger partial charge in [0.05, 0.1) is 6.61 Å². The van der Waals surface area contributed by atoms with Gasteiger partial charge in [-0.25, -0.2) is 4.18 Å². The second kappa shape index (κ2) is 16.2. The highest BCUT2D eigenvalue weighted by Gasteiger charge is 2.05. The highest BCUT2D eigenvalue weighted by Crippen LogP contribution is 2.12. The van der Waals surface area contributed by atoms with Gasteiger partial charge in [0.1, 0.15) is 0 Å². The fraction of sp³-hybridized carbons (Fsp3) is 1.00. The summed E-state index contributed by atoms with van der Waals surface area (Å²) in [4.78, 5) is 0. The van der Waals surface area contributed by atoms with Crippen LogP contribution in [0.4, 0.5) is 3.89 Å². The summed E-state index contributed by atoms with van der Waals surface area (Å²) in [5.41, 5.74) is 0. The van der Waals surface area contributed by atoms with Crippen LogP contribution in [0.15, 0.2) is 0 Å². The van der Waals surface area contributed by atoms with Crippen molar-refractivity contribution in [3.05, 3.63) is 0 Å². The lowest BCUT2D eigenvalue weighted by Gasteiger charge is -2.02. The maximum absolute atomic E-state index is 12.0. The fourth-order valence-electron chi connectivity index (χ4n) is 2.28. The molecule has 0 atom stereocenters. The van der Waals surface area contributed by atoms with Crippen molar-refractivity contribution in [3.8, 4) is 0 Å². The zero-order chi connectivity index (χ0) is 15.1. The van der Waals surface area contributed by atoms with E-state index in [4.69, 9.17) is 0 Å². The molecule has 0 saturated carbocycles. The first kappa shape index (κ1) is 23.1. The van der Waals surface area contributed by atoms with Gasteiger partial charge in [-0.05, 0) is 6.42 Å². The molecule has 0 saturated heterocycles. The summed E-state index contributed by atoms with van der Waals surface area (Å²) < 4.78 is 36.1. The largest absolute Gasteiger partial charge is 0.437 e. The van der Waals surface area contributed by atoms with Crippen molar-refractivity contribution in [1.82, 2.24) is 6.15 Å². The Labute approximate surface area is 130 Å². The first-order chi connectivity index (χ1) is 9.56. The van der Waals surface area contributed by atoms with Crippen LogP contribution in [0.1, 0.15) is 90.4 Å². The van der Waals surface area contributed by atoms with Crippen molar-refractivity contribution in [2.45, 2.75) is 90.4 Å². The smallest absolute Gasteiger partial charge is 0.344 e. The minimum absolute atomic E-state index is 0. The Bertz CT molecular complexity index is 297. The Balaban J connectivity index is 0. The molecule has 0 aromatic carbocycles. The molecule has 0 aromatic rings. The molecule has 0 unspecified atom stereocenters. The quantitative estimate of drug-likeness (QED) is 0.319. The van der Waals surface area contributed by atoms with Gasteiger partial charge in [0.15, 0.2) is 0 Å². The van der Waals surface area contributed by atoms with Crippen molar-refractivity contribution in [2.24, 2.45) is 0 Å². The summed E-state index contributed by atoms with van der Waals surface area (Å²) in [5, 5.41) is 0. The molecule has 0 amide bonds. The molecule has 0 spiro atoms. The van der Waals surface area contributed by atoms with E-state index in [1.807, 2.05) is 0 Å². The Morgan fingerprint density at radius 3 is 1.38 bits per heavy atom. The molecule has 6 heteroatoms. The third-order valence-electron chi connectivity index (χ3n) is 3.47. The van der Waals surface area contributed by atoms with E-state index in [2.05, 4.69) is 11.1 Å². The van der Waals surface area contributed by atoms with E-state index in [-0.39, 0.29) is 12.8 Å². The maximum Gasteiger partial charge on any atom is 0.437 e. The standard InChI is InChI=1S/C15H31FO3S.H3N/c1-2-3-4-5-6-7-8-9-10-11-12-13-14-15-19-20(16,17)18;/h2-15H2,1H3;1H3. The summed E-state index contributed by atoms with van der Waals surface area (Å²) in [6, 6.07) is 0. The molecular formula is C15H34FNO3S. The van der Waals surface area contributed by atoms with Crippen LogP contribution in [0.25, 0.3) is 0 Å². The van der Waals surface area contributed by atoms with Crippen LogP contribution in [0.5, 0.6) is 0 Å². The van der Waals surface area contributed by atoms with Gasteiger partial charge in [0.25, 0.3) is 0 Å². The minimum atomic E-state index is -4.74. The number of hydrogen-bond acceptors (Lipinski definition) is 4. The molecule has 0 rings (SSSR count). The second-order valence-electron chi connectivity index (χ2n) is 5.46. The van der Waals surface area contributed by atoms with E-state index in [0.717, 1.165) is 12.8 Å². The summed E-state index contributed by atoms with van der Waals surface area (Å²) in [5.74, 6) is 0. The molecule has 0 aliphatic rings. The van der Waals surface area contributed by atoms with Gasteiger partial charge in [-0.3, -0.25) is 0 Å². The highest BCUT2D eigenvalue weighted by atomic mass is 32.3.